The molecule has 0 saturated heterocycles. The van der Waals surface area contributed by atoms with Crippen molar-refractivity contribution in [2.24, 2.45) is 0 Å². The van der Waals surface area contributed by atoms with E-state index < -0.39 is 4.92 Å². The monoisotopic (exact) mass is 400 g/mol. The molecule has 0 aliphatic heterocycles. The second-order valence-corrected chi connectivity index (χ2v) is 5.67. The summed E-state index contributed by atoms with van der Waals surface area (Å²) in [6.45, 7) is 0. The lowest BCUT2D eigenvalue weighted by Crippen LogP contribution is -1.94. The number of hydrogen-bond acceptors (Lipinski definition) is 4. The van der Waals surface area contributed by atoms with E-state index in [1.54, 1.807) is 19.2 Å². The van der Waals surface area contributed by atoms with E-state index in [0.29, 0.717) is 17.2 Å². The van der Waals surface area contributed by atoms with Crippen molar-refractivity contribution >= 4 is 43.2 Å². The van der Waals surface area contributed by atoms with Crippen LogP contribution in [-0.4, -0.2) is 12.0 Å². The van der Waals surface area contributed by atoms with Crippen LogP contribution in [0.5, 0.6) is 11.5 Å². The molecule has 2 aromatic rings. The number of ether oxygens (including phenoxy) is 1. The minimum Gasteiger partial charge on any atom is -0.456 e. The van der Waals surface area contributed by atoms with Crippen molar-refractivity contribution in [2.45, 2.75) is 0 Å². The fraction of sp³-hybridized carbons (Fsp3) is 0.0769. The molecule has 104 valence electrons. The van der Waals surface area contributed by atoms with Gasteiger partial charge in [-0.15, -0.1) is 0 Å². The molecule has 0 heterocycles. The van der Waals surface area contributed by atoms with Gasteiger partial charge in [0.25, 0.3) is 5.69 Å². The van der Waals surface area contributed by atoms with Gasteiger partial charge in [0.05, 0.1) is 15.5 Å². The van der Waals surface area contributed by atoms with Crippen LogP contribution in [0.3, 0.4) is 0 Å². The highest BCUT2D eigenvalue weighted by Crippen LogP contribution is 2.34. The molecule has 5 nitrogen and oxygen atoms in total. The molecule has 2 rings (SSSR count). The van der Waals surface area contributed by atoms with Crippen molar-refractivity contribution in [3.8, 4) is 11.5 Å². The van der Waals surface area contributed by atoms with E-state index in [1.165, 1.54) is 12.1 Å². The van der Waals surface area contributed by atoms with Gasteiger partial charge in [0.2, 0.25) is 0 Å². The van der Waals surface area contributed by atoms with Gasteiger partial charge in [-0.25, -0.2) is 0 Å². The van der Waals surface area contributed by atoms with Gasteiger partial charge in [-0.1, -0.05) is 15.9 Å². The van der Waals surface area contributed by atoms with Gasteiger partial charge in [-0.05, 0) is 34.1 Å². The van der Waals surface area contributed by atoms with E-state index in [4.69, 9.17) is 4.74 Å². The van der Waals surface area contributed by atoms with Gasteiger partial charge < -0.3 is 10.1 Å². The Balaban J connectivity index is 2.37. The third-order valence-corrected chi connectivity index (χ3v) is 3.63. The summed E-state index contributed by atoms with van der Waals surface area (Å²) in [7, 11) is 1.69. The minimum atomic E-state index is -0.454. The van der Waals surface area contributed by atoms with Crippen LogP contribution in [0.4, 0.5) is 11.4 Å². The maximum absolute atomic E-state index is 10.9. The van der Waals surface area contributed by atoms with E-state index >= 15 is 0 Å². The largest absolute Gasteiger partial charge is 0.456 e. The predicted molar refractivity (Wildman–Crippen MR) is 84.6 cm³/mol. The predicted octanol–water partition coefficient (Wildman–Crippen LogP) is 4.95. The van der Waals surface area contributed by atoms with Crippen molar-refractivity contribution in [3.63, 3.8) is 0 Å². The highest BCUT2D eigenvalue weighted by molar-refractivity contribution is 9.11. The number of anilines is 1. The first-order valence-corrected chi connectivity index (χ1v) is 7.18. The lowest BCUT2D eigenvalue weighted by molar-refractivity contribution is -0.384. The summed E-state index contributed by atoms with van der Waals surface area (Å²) in [5.41, 5.74) is 0.586. The Morgan fingerprint density at radius 1 is 1.20 bits per heavy atom. The SMILES string of the molecule is CNc1cc(Oc2ccc(Br)cc2Br)cc([N+](=O)[O-])c1. The summed E-state index contributed by atoms with van der Waals surface area (Å²) < 4.78 is 7.35. The first kappa shape index (κ1) is 14.8. The van der Waals surface area contributed by atoms with Crippen LogP contribution in [0.1, 0.15) is 0 Å². The number of hydrogen-bond donors (Lipinski definition) is 1. The van der Waals surface area contributed by atoms with E-state index in [-0.39, 0.29) is 5.69 Å². The summed E-state index contributed by atoms with van der Waals surface area (Å²) >= 11 is 6.73. The van der Waals surface area contributed by atoms with Crippen molar-refractivity contribution < 1.29 is 9.66 Å². The van der Waals surface area contributed by atoms with Crippen molar-refractivity contribution in [1.82, 2.24) is 0 Å². The first-order valence-electron chi connectivity index (χ1n) is 5.60. The molecule has 0 saturated carbocycles. The average molecular weight is 402 g/mol. The van der Waals surface area contributed by atoms with Crippen LogP contribution in [-0.2, 0) is 0 Å². The third kappa shape index (κ3) is 3.49. The van der Waals surface area contributed by atoms with Crippen molar-refractivity contribution in [3.05, 3.63) is 55.5 Å². The molecule has 0 bridgehead atoms. The molecule has 0 spiro atoms. The Hall–Kier alpha value is -1.60. The number of rotatable bonds is 4. The van der Waals surface area contributed by atoms with Crippen molar-refractivity contribution in [1.29, 1.82) is 0 Å². The molecule has 0 aromatic heterocycles. The number of non-ortho nitro benzene ring substituents is 1. The number of benzene rings is 2. The molecule has 1 N–H and O–H groups in total. The molecule has 20 heavy (non-hydrogen) atoms. The molecular formula is C13H10Br2N2O3. The average Bonchev–Trinajstić information content (AvgIpc) is 2.41. The second kappa shape index (κ2) is 6.23. The lowest BCUT2D eigenvalue weighted by atomic mass is 10.2. The highest BCUT2D eigenvalue weighted by atomic mass is 79.9. The van der Waals surface area contributed by atoms with Gasteiger partial charge in [0.15, 0.2) is 0 Å². The topological polar surface area (TPSA) is 64.4 Å². The zero-order valence-electron chi connectivity index (χ0n) is 10.4. The van der Waals surface area contributed by atoms with Crippen LogP contribution in [0, 0.1) is 10.1 Å². The summed E-state index contributed by atoms with van der Waals surface area (Å²) in [5, 5.41) is 13.8. The quantitative estimate of drug-likeness (QED) is 0.581. The maximum atomic E-state index is 10.9. The second-order valence-electron chi connectivity index (χ2n) is 3.90. The number of nitrogens with one attached hydrogen (secondary N) is 1. The molecule has 0 aliphatic carbocycles. The zero-order valence-corrected chi connectivity index (χ0v) is 13.6. The zero-order chi connectivity index (χ0) is 14.7. The summed E-state index contributed by atoms with van der Waals surface area (Å²) in [4.78, 5) is 10.4. The molecule has 0 unspecified atom stereocenters. The molecule has 0 atom stereocenters. The molecular weight excluding hydrogens is 392 g/mol. The smallest absolute Gasteiger partial charge is 0.275 e. The first-order chi connectivity index (χ1) is 9.49. The Labute approximate surface area is 132 Å². The molecule has 0 fully saturated rings. The van der Waals surface area contributed by atoms with E-state index in [9.17, 15) is 10.1 Å². The normalized spacial score (nSPS) is 10.2. The van der Waals surface area contributed by atoms with Gasteiger partial charge in [-0.2, -0.15) is 0 Å². The number of nitro groups is 1. The fourth-order valence-electron chi connectivity index (χ4n) is 1.58. The van der Waals surface area contributed by atoms with Crippen LogP contribution < -0.4 is 10.1 Å². The van der Waals surface area contributed by atoms with E-state index in [2.05, 4.69) is 37.2 Å². The van der Waals surface area contributed by atoms with Gasteiger partial charge in [0.1, 0.15) is 11.5 Å². The third-order valence-electron chi connectivity index (χ3n) is 2.51. The van der Waals surface area contributed by atoms with Gasteiger partial charge >= 0.3 is 0 Å². The molecule has 7 heteroatoms. The molecule has 2 aromatic carbocycles. The lowest BCUT2D eigenvalue weighted by Gasteiger charge is -2.09. The maximum Gasteiger partial charge on any atom is 0.275 e. The molecule has 0 amide bonds. The van der Waals surface area contributed by atoms with Gasteiger partial charge in [-0.3, -0.25) is 10.1 Å². The van der Waals surface area contributed by atoms with Crippen molar-refractivity contribution in [2.75, 3.05) is 12.4 Å². The van der Waals surface area contributed by atoms with Crippen LogP contribution in [0.15, 0.2) is 45.3 Å². The standard InChI is InChI=1S/C13H10Br2N2O3/c1-16-9-5-10(17(18)19)7-11(6-9)20-13-3-2-8(14)4-12(13)15/h2-7,16H,1H3. The molecule has 0 aliphatic rings. The Kier molecular flexibility index (Phi) is 4.61. The number of halogens is 2. The minimum absolute atomic E-state index is 0.0277. The summed E-state index contributed by atoms with van der Waals surface area (Å²) in [6, 6.07) is 9.97. The Morgan fingerprint density at radius 2 is 1.95 bits per heavy atom. The highest BCUT2D eigenvalue weighted by Gasteiger charge is 2.12. The Morgan fingerprint density at radius 3 is 2.55 bits per heavy atom. The van der Waals surface area contributed by atoms with Crippen LogP contribution in [0.25, 0.3) is 0 Å². The van der Waals surface area contributed by atoms with Gasteiger partial charge in [0, 0.05) is 29.3 Å². The summed E-state index contributed by atoms with van der Waals surface area (Å²) in [6.07, 6.45) is 0. The van der Waals surface area contributed by atoms with Crippen LogP contribution >= 0.6 is 31.9 Å². The number of nitro benzene ring substituents is 1. The summed E-state index contributed by atoms with van der Waals surface area (Å²) in [5.74, 6) is 0.974. The molecule has 0 radical (unpaired) electrons. The number of nitrogens with zero attached hydrogens (tertiary/aromatic N) is 1. The van der Waals surface area contributed by atoms with E-state index in [0.717, 1.165) is 8.95 Å². The Bertz CT molecular complexity index is 662. The van der Waals surface area contributed by atoms with Crippen LogP contribution in [0.2, 0.25) is 0 Å². The fourth-order valence-corrected chi connectivity index (χ4v) is 2.70. The van der Waals surface area contributed by atoms with E-state index in [1.807, 2.05) is 12.1 Å².